The van der Waals surface area contributed by atoms with Crippen LogP contribution in [0.1, 0.15) is 12.7 Å². The molecule has 1 N–H and O–H groups in total. The molecule has 3 rings (SSSR count). The van der Waals surface area contributed by atoms with Crippen molar-refractivity contribution in [2.45, 2.75) is 13.5 Å². The molecule has 0 aliphatic carbocycles. The Labute approximate surface area is 138 Å². The Bertz CT molecular complexity index is 750. The molecule has 0 unspecified atom stereocenters. The van der Waals surface area contributed by atoms with Gasteiger partial charge < -0.3 is 19.1 Å². The van der Waals surface area contributed by atoms with Crippen LogP contribution >= 0.6 is 0 Å². The van der Waals surface area contributed by atoms with Gasteiger partial charge in [0, 0.05) is 19.6 Å². The number of carbonyl (C=O) groups excluding carboxylic acids is 3. The van der Waals surface area contributed by atoms with Crippen molar-refractivity contribution in [1.29, 1.82) is 0 Å². The quantitative estimate of drug-likeness (QED) is 0.855. The van der Waals surface area contributed by atoms with Gasteiger partial charge in [0.2, 0.25) is 0 Å². The van der Waals surface area contributed by atoms with Crippen molar-refractivity contribution < 1.29 is 23.2 Å². The number of carbonyl (C=O) groups is 3. The van der Waals surface area contributed by atoms with Gasteiger partial charge in [0.25, 0.3) is 0 Å². The Morgan fingerprint density at radius 1 is 1.17 bits per heavy atom. The van der Waals surface area contributed by atoms with Crippen LogP contribution < -0.4 is 5.32 Å². The van der Waals surface area contributed by atoms with Gasteiger partial charge in [-0.1, -0.05) is 0 Å². The first-order valence-electron chi connectivity index (χ1n) is 7.61. The van der Waals surface area contributed by atoms with Crippen LogP contribution in [0.15, 0.2) is 39.4 Å². The first kappa shape index (κ1) is 15.9. The number of nitrogens with zero attached hydrogens (tertiary/aromatic N) is 2. The molecule has 0 bridgehead atoms. The highest BCUT2D eigenvalue weighted by Gasteiger charge is 2.35. The lowest BCUT2D eigenvalue weighted by atomic mass is 10.3. The number of furan rings is 2. The Hall–Kier alpha value is -3.03. The maximum atomic E-state index is 12.1. The second-order valence-electron chi connectivity index (χ2n) is 5.24. The van der Waals surface area contributed by atoms with Crippen molar-refractivity contribution in [3.63, 3.8) is 0 Å². The van der Waals surface area contributed by atoms with Gasteiger partial charge >= 0.3 is 17.8 Å². The van der Waals surface area contributed by atoms with E-state index in [4.69, 9.17) is 8.83 Å². The highest BCUT2D eigenvalue weighted by atomic mass is 16.4. The number of nitrogens with one attached hydrogen (secondary N) is 1. The summed E-state index contributed by atoms with van der Waals surface area (Å²) in [6, 6.07) is 6.34. The van der Waals surface area contributed by atoms with E-state index in [-0.39, 0.29) is 13.1 Å². The average molecular weight is 331 g/mol. The topological polar surface area (TPSA) is 96.0 Å². The van der Waals surface area contributed by atoms with Gasteiger partial charge in [0.1, 0.15) is 5.76 Å². The number of urea groups is 1. The Balaban J connectivity index is 1.58. The second-order valence-corrected chi connectivity index (χ2v) is 5.24. The lowest BCUT2D eigenvalue weighted by molar-refractivity contribution is -0.153. The molecule has 0 radical (unpaired) electrons. The molecule has 1 saturated heterocycles. The fourth-order valence-corrected chi connectivity index (χ4v) is 2.45. The summed E-state index contributed by atoms with van der Waals surface area (Å²) in [6.45, 7) is 2.86. The minimum atomic E-state index is -0.809. The summed E-state index contributed by atoms with van der Waals surface area (Å²) in [6.07, 6.45) is 1.54. The van der Waals surface area contributed by atoms with E-state index in [1.165, 1.54) is 11.2 Å². The molecule has 126 valence electrons. The van der Waals surface area contributed by atoms with E-state index in [2.05, 4.69) is 5.32 Å². The molecule has 3 heterocycles. The molecule has 2 aromatic heterocycles. The van der Waals surface area contributed by atoms with Gasteiger partial charge in [0.05, 0.1) is 12.8 Å². The summed E-state index contributed by atoms with van der Waals surface area (Å²) in [5, 5.41) is 2.58. The summed E-state index contributed by atoms with van der Waals surface area (Å²) in [7, 11) is 0. The summed E-state index contributed by atoms with van der Waals surface area (Å²) < 4.78 is 10.8. The second kappa shape index (κ2) is 6.61. The number of piperazine rings is 1. The van der Waals surface area contributed by atoms with Crippen LogP contribution in [0.3, 0.4) is 0 Å². The molecule has 2 aromatic rings. The van der Waals surface area contributed by atoms with Crippen molar-refractivity contribution in [2.75, 3.05) is 19.6 Å². The number of hydrogen-bond acceptors (Lipinski definition) is 5. The van der Waals surface area contributed by atoms with Crippen molar-refractivity contribution in [3.8, 4) is 11.5 Å². The molecule has 0 atom stereocenters. The zero-order valence-electron chi connectivity index (χ0n) is 13.2. The first-order chi connectivity index (χ1) is 11.6. The SMILES string of the molecule is CCN1CCN(C(=O)NCc2ccc(-c3ccco3)o2)C(=O)C1=O. The lowest BCUT2D eigenvalue weighted by Gasteiger charge is -2.31. The molecule has 4 amide bonds. The minimum Gasteiger partial charge on any atom is -0.461 e. The number of amides is 4. The van der Waals surface area contributed by atoms with Crippen LogP contribution in [0.5, 0.6) is 0 Å². The highest BCUT2D eigenvalue weighted by Crippen LogP contribution is 2.22. The van der Waals surface area contributed by atoms with E-state index >= 15 is 0 Å². The minimum absolute atomic E-state index is 0.106. The Kier molecular flexibility index (Phi) is 4.37. The number of likely N-dealkylation sites (N-methyl/N-ethyl adjacent to an activating group) is 1. The fourth-order valence-electron chi connectivity index (χ4n) is 2.45. The zero-order chi connectivity index (χ0) is 17.1. The Morgan fingerprint density at radius 2 is 2.00 bits per heavy atom. The van der Waals surface area contributed by atoms with Gasteiger partial charge in [-0.05, 0) is 31.2 Å². The number of hydrogen-bond donors (Lipinski definition) is 1. The van der Waals surface area contributed by atoms with Crippen molar-refractivity contribution in [3.05, 3.63) is 36.3 Å². The lowest BCUT2D eigenvalue weighted by Crippen LogP contribution is -2.58. The summed E-state index contributed by atoms with van der Waals surface area (Å²) in [5.41, 5.74) is 0. The van der Waals surface area contributed by atoms with E-state index in [1.807, 2.05) is 0 Å². The predicted molar refractivity (Wildman–Crippen MR) is 82.6 cm³/mol. The van der Waals surface area contributed by atoms with E-state index in [0.29, 0.717) is 30.4 Å². The Morgan fingerprint density at radius 3 is 2.71 bits per heavy atom. The molecule has 8 heteroatoms. The van der Waals surface area contributed by atoms with Crippen LogP contribution in [0.2, 0.25) is 0 Å². The summed E-state index contributed by atoms with van der Waals surface area (Å²) in [5.74, 6) is 0.185. The maximum absolute atomic E-state index is 12.1. The molecule has 0 saturated carbocycles. The number of imide groups is 1. The largest absolute Gasteiger partial charge is 0.461 e. The van der Waals surface area contributed by atoms with Crippen molar-refractivity contribution >= 4 is 17.8 Å². The maximum Gasteiger partial charge on any atom is 0.324 e. The molecule has 8 nitrogen and oxygen atoms in total. The molecule has 0 aromatic carbocycles. The standard InChI is InChI=1S/C16H17N3O5/c1-2-18-7-8-19(15(21)14(18)20)16(22)17-10-11-5-6-13(24-11)12-4-3-9-23-12/h3-6,9H,2,7-8,10H2,1H3,(H,17,22). The smallest absolute Gasteiger partial charge is 0.324 e. The van der Waals surface area contributed by atoms with Crippen molar-refractivity contribution in [1.82, 2.24) is 15.1 Å². The zero-order valence-corrected chi connectivity index (χ0v) is 13.2. The van der Waals surface area contributed by atoms with Gasteiger partial charge in [-0.2, -0.15) is 0 Å². The molecule has 1 aliphatic rings. The molecular formula is C16H17N3O5. The van der Waals surface area contributed by atoms with Gasteiger partial charge in [-0.25, -0.2) is 4.79 Å². The third-order valence-electron chi connectivity index (χ3n) is 3.78. The van der Waals surface area contributed by atoms with E-state index < -0.39 is 17.8 Å². The molecule has 1 aliphatic heterocycles. The third kappa shape index (κ3) is 3.03. The predicted octanol–water partition coefficient (Wildman–Crippen LogP) is 1.44. The average Bonchev–Trinajstić information content (AvgIpc) is 3.26. The summed E-state index contributed by atoms with van der Waals surface area (Å²) >= 11 is 0. The summed E-state index contributed by atoms with van der Waals surface area (Å²) in [4.78, 5) is 38.2. The van der Waals surface area contributed by atoms with Crippen LogP contribution in [0.4, 0.5) is 4.79 Å². The molecule has 24 heavy (non-hydrogen) atoms. The third-order valence-corrected chi connectivity index (χ3v) is 3.78. The van der Waals surface area contributed by atoms with Crippen LogP contribution in [-0.4, -0.2) is 47.3 Å². The van der Waals surface area contributed by atoms with E-state index in [0.717, 1.165) is 4.90 Å². The molecule has 1 fully saturated rings. The van der Waals surface area contributed by atoms with Crippen LogP contribution in [-0.2, 0) is 16.1 Å². The first-order valence-corrected chi connectivity index (χ1v) is 7.61. The van der Waals surface area contributed by atoms with Crippen molar-refractivity contribution in [2.24, 2.45) is 0 Å². The fraction of sp³-hybridized carbons (Fsp3) is 0.312. The van der Waals surface area contributed by atoms with Crippen LogP contribution in [0.25, 0.3) is 11.5 Å². The normalized spacial score (nSPS) is 15.0. The van der Waals surface area contributed by atoms with Crippen LogP contribution in [0, 0.1) is 0 Å². The van der Waals surface area contributed by atoms with Gasteiger partial charge in [-0.15, -0.1) is 0 Å². The highest BCUT2D eigenvalue weighted by molar-refractivity contribution is 6.38. The monoisotopic (exact) mass is 331 g/mol. The molecule has 0 spiro atoms. The van der Waals surface area contributed by atoms with Gasteiger partial charge in [-0.3, -0.25) is 14.5 Å². The van der Waals surface area contributed by atoms with E-state index in [1.54, 1.807) is 31.2 Å². The van der Waals surface area contributed by atoms with Gasteiger partial charge in [0.15, 0.2) is 11.5 Å². The molecular weight excluding hydrogens is 314 g/mol. The van der Waals surface area contributed by atoms with E-state index in [9.17, 15) is 14.4 Å². The number of rotatable bonds is 4.